The second kappa shape index (κ2) is 3.53. The van der Waals surface area contributed by atoms with Crippen LogP contribution >= 0.6 is 0 Å². The summed E-state index contributed by atoms with van der Waals surface area (Å²) in [5.41, 5.74) is 9.68. The third kappa shape index (κ3) is 2.32. The zero-order chi connectivity index (χ0) is 11.1. The van der Waals surface area contributed by atoms with Gasteiger partial charge in [-0.2, -0.15) is 0 Å². The maximum absolute atomic E-state index is 5.78. The van der Waals surface area contributed by atoms with Crippen LogP contribution in [0.2, 0.25) is 0 Å². The van der Waals surface area contributed by atoms with Gasteiger partial charge in [0, 0.05) is 17.3 Å². The molecule has 2 nitrogen and oxygen atoms in total. The second-order valence-corrected chi connectivity index (χ2v) is 5.44. The monoisotopic (exact) mass is 204 g/mol. The molecule has 3 N–H and O–H groups in total. The van der Waals surface area contributed by atoms with Crippen molar-refractivity contribution in [1.82, 2.24) is 5.32 Å². The van der Waals surface area contributed by atoms with Crippen LogP contribution in [0.1, 0.15) is 44.4 Å². The quantitative estimate of drug-likeness (QED) is 0.690. The Kier molecular flexibility index (Phi) is 2.47. The highest BCUT2D eigenvalue weighted by molar-refractivity contribution is 5.47. The zero-order valence-electron chi connectivity index (χ0n) is 9.80. The summed E-state index contributed by atoms with van der Waals surface area (Å²) in [6.07, 6.45) is 2.34. The smallest absolute Gasteiger partial charge is 0.0330 e. The van der Waals surface area contributed by atoms with Crippen molar-refractivity contribution in [2.75, 3.05) is 5.73 Å². The van der Waals surface area contributed by atoms with Gasteiger partial charge in [-0.05, 0) is 56.9 Å². The standard InChI is InChI=1S/C13H20N2/c1-13(2,3)15-12-7-4-9-8-10(14)5-6-11(9)12/h5-6,8,12,15H,4,7,14H2,1-3H3. The van der Waals surface area contributed by atoms with Crippen molar-refractivity contribution >= 4 is 5.69 Å². The summed E-state index contributed by atoms with van der Waals surface area (Å²) in [6.45, 7) is 6.63. The Morgan fingerprint density at radius 2 is 2.07 bits per heavy atom. The number of nitrogens with two attached hydrogens (primary N) is 1. The summed E-state index contributed by atoms with van der Waals surface area (Å²) < 4.78 is 0. The van der Waals surface area contributed by atoms with Gasteiger partial charge in [0.2, 0.25) is 0 Å². The van der Waals surface area contributed by atoms with Crippen molar-refractivity contribution in [3.05, 3.63) is 29.3 Å². The third-order valence-electron chi connectivity index (χ3n) is 2.85. The van der Waals surface area contributed by atoms with Crippen LogP contribution in [0.15, 0.2) is 18.2 Å². The molecule has 0 radical (unpaired) electrons. The second-order valence-electron chi connectivity index (χ2n) is 5.44. The lowest BCUT2D eigenvalue weighted by Crippen LogP contribution is -2.37. The minimum Gasteiger partial charge on any atom is -0.399 e. The Bertz CT molecular complexity index is 363. The number of rotatable bonds is 1. The molecule has 0 spiro atoms. The predicted octanol–water partition coefficient (Wildman–Crippen LogP) is 2.64. The van der Waals surface area contributed by atoms with Crippen LogP contribution in [0.25, 0.3) is 0 Å². The normalized spacial score (nSPS) is 20.3. The lowest BCUT2D eigenvalue weighted by Gasteiger charge is -2.26. The van der Waals surface area contributed by atoms with Crippen LogP contribution in [0, 0.1) is 0 Å². The lowest BCUT2D eigenvalue weighted by molar-refractivity contribution is 0.362. The fourth-order valence-corrected chi connectivity index (χ4v) is 2.31. The van der Waals surface area contributed by atoms with Crippen LogP contribution in [-0.2, 0) is 6.42 Å². The van der Waals surface area contributed by atoms with E-state index in [1.54, 1.807) is 0 Å². The molecule has 0 bridgehead atoms. The van der Waals surface area contributed by atoms with E-state index in [4.69, 9.17) is 5.73 Å². The minimum absolute atomic E-state index is 0.174. The number of fused-ring (bicyclic) bond motifs is 1. The molecule has 0 aliphatic heterocycles. The first-order valence-electron chi connectivity index (χ1n) is 5.62. The Morgan fingerprint density at radius 1 is 1.33 bits per heavy atom. The average molecular weight is 204 g/mol. The zero-order valence-corrected chi connectivity index (χ0v) is 9.80. The predicted molar refractivity (Wildman–Crippen MR) is 64.8 cm³/mol. The molecule has 0 aromatic heterocycles. The molecule has 82 valence electrons. The van der Waals surface area contributed by atoms with Crippen LogP contribution < -0.4 is 11.1 Å². The fraction of sp³-hybridized carbons (Fsp3) is 0.538. The molecule has 1 unspecified atom stereocenters. The Hall–Kier alpha value is -1.02. The number of hydrogen-bond donors (Lipinski definition) is 2. The maximum atomic E-state index is 5.78. The molecule has 0 saturated heterocycles. The number of nitrogens with one attached hydrogen (secondary N) is 1. The van der Waals surface area contributed by atoms with Crippen LogP contribution in [0.5, 0.6) is 0 Å². The molecule has 15 heavy (non-hydrogen) atoms. The maximum Gasteiger partial charge on any atom is 0.0330 e. The Labute approximate surface area is 91.9 Å². The number of hydrogen-bond acceptors (Lipinski definition) is 2. The highest BCUT2D eigenvalue weighted by Gasteiger charge is 2.25. The highest BCUT2D eigenvalue weighted by atomic mass is 15.0. The highest BCUT2D eigenvalue weighted by Crippen LogP contribution is 2.33. The van der Waals surface area contributed by atoms with Gasteiger partial charge in [-0.25, -0.2) is 0 Å². The SMILES string of the molecule is CC(C)(C)NC1CCc2cc(N)ccc21. The van der Waals surface area contributed by atoms with Crippen molar-refractivity contribution in [2.24, 2.45) is 0 Å². The summed E-state index contributed by atoms with van der Waals surface area (Å²) in [6, 6.07) is 6.78. The molecule has 1 aliphatic carbocycles. The number of benzene rings is 1. The van der Waals surface area contributed by atoms with Gasteiger partial charge in [0.1, 0.15) is 0 Å². The molecule has 0 heterocycles. The largest absolute Gasteiger partial charge is 0.399 e. The molecule has 0 amide bonds. The third-order valence-corrected chi connectivity index (χ3v) is 2.85. The molecular weight excluding hydrogens is 184 g/mol. The molecular formula is C13H20N2. The van der Waals surface area contributed by atoms with Crippen LogP contribution in [0.4, 0.5) is 5.69 Å². The topological polar surface area (TPSA) is 38.0 Å². The van der Waals surface area contributed by atoms with Gasteiger partial charge >= 0.3 is 0 Å². The average Bonchev–Trinajstić information content (AvgIpc) is 2.45. The van der Waals surface area contributed by atoms with E-state index in [1.165, 1.54) is 17.5 Å². The van der Waals surface area contributed by atoms with E-state index in [0.29, 0.717) is 6.04 Å². The molecule has 0 saturated carbocycles. The fourth-order valence-electron chi connectivity index (χ4n) is 2.31. The summed E-state index contributed by atoms with van der Waals surface area (Å²) >= 11 is 0. The molecule has 1 atom stereocenters. The number of nitrogen functional groups attached to an aromatic ring is 1. The van der Waals surface area contributed by atoms with Crippen molar-refractivity contribution < 1.29 is 0 Å². The molecule has 2 rings (SSSR count). The van der Waals surface area contributed by atoms with E-state index in [9.17, 15) is 0 Å². The molecule has 1 aliphatic rings. The summed E-state index contributed by atoms with van der Waals surface area (Å²) in [5, 5.41) is 3.65. The van der Waals surface area contributed by atoms with E-state index in [-0.39, 0.29) is 5.54 Å². The van der Waals surface area contributed by atoms with Crippen molar-refractivity contribution in [3.63, 3.8) is 0 Å². The van der Waals surface area contributed by atoms with Gasteiger partial charge in [0.05, 0.1) is 0 Å². The van der Waals surface area contributed by atoms with E-state index in [2.05, 4.69) is 38.2 Å². The molecule has 2 heteroatoms. The Morgan fingerprint density at radius 3 is 2.73 bits per heavy atom. The summed E-state index contributed by atoms with van der Waals surface area (Å²) in [5.74, 6) is 0. The number of aryl methyl sites for hydroxylation is 1. The van der Waals surface area contributed by atoms with Crippen molar-refractivity contribution in [3.8, 4) is 0 Å². The van der Waals surface area contributed by atoms with E-state index in [1.807, 2.05) is 6.07 Å². The molecule has 1 aromatic rings. The van der Waals surface area contributed by atoms with E-state index in [0.717, 1.165) is 12.1 Å². The van der Waals surface area contributed by atoms with Gasteiger partial charge < -0.3 is 11.1 Å². The lowest BCUT2D eigenvalue weighted by atomic mass is 10.0. The van der Waals surface area contributed by atoms with Gasteiger partial charge in [0.25, 0.3) is 0 Å². The first-order valence-corrected chi connectivity index (χ1v) is 5.62. The first kappa shape index (κ1) is 10.5. The molecule has 1 aromatic carbocycles. The van der Waals surface area contributed by atoms with Gasteiger partial charge in [0.15, 0.2) is 0 Å². The van der Waals surface area contributed by atoms with E-state index < -0.39 is 0 Å². The van der Waals surface area contributed by atoms with E-state index >= 15 is 0 Å². The van der Waals surface area contributed by atoms with Crippen LogP contribution in [-0.4, -0.2) is 5.54 Å². The van der Waals surface area contributed by atoms with Gasteiger partial charge in [-0.1, -0.05) is 6.07 Å². The van der Waals surface area contributed by atoms with Gasteiger partial charge in [-0.3, -0.25) is 0 Å². The van der Waals surface area contributed by atoms with Crippen molar-refractivity contribution in [2.45, 2.75) is 45.2 Å². The summed E-state index contributed by atoms with van der Waals surface area (Å²) in [4.78, 5) is 0. The first-order chi connectivity index (χ1) is 6.96. The van der Waals surface area contributed by atoms with Crippen LogP contribution in [0.3, 0.4) is 0 Å². The summed E-state index contributed by atoms with van der Waals surface area (Å²) in [7, 11) is 0. The Balaban J connectivity index is 2.22. The molecule has 0 fully saturated rings. The van der Waals surface area contributed by atoms with Crippen molar-refractivity contribution in [1.29, 1.82) is 0 Å². The van der Waals surface area contributed by atoms with Gasteiger partial charge in [-0.15, -0.1) is 0 Å². The number of anilines is 1. The minimum atomic E-state index is 0.174.